The first kappa shape index (κ1) is 16.2. The molecule has 0 radical (unpaired) electrons. The molecule has 138 valence electrons. The van der Waals surface area contributed by atoms with Crippen LogP contribution in [-0.4, -0.2) is 43.6 Å². The summed E-state index contributed by atoms with van der Waals surface area (Å²) in [4.78, 5) is 31.6. The fourth-order valence-corrected chi connectivity index (χ4v) is 4.70. The molecule has 1 N–H and O–H groups in total. The second kappa shape index (κ2) is 5.77. The van der Waals surface area contributed by atoms with Crippen molar-refractivity contribution in [2.45, 2.75) is 31.1 Å². The monoisotopic (exact) mass is 363 g/mol. The molecule has 2 aliphatic rings. The van der Waals surface area contributed by atoms with Crippen molar-refractivity contribution in [3.63, 3.8) is 0 Å². The van der Waals surface area contributed by atoms with E-state index in [9.17, 15) is 9.59 Å². The predicted octanol–water partition coefficient (Wildman–Crippen LogP) is 1.78. The average Bonchev–Trinajstić information content (AvgIpc) is 3.29. The number of rotatable bonds is 1. The number of hydrogen-bond acceptors (Lipinski definition) is 4. The van der Waals surface area contributed by atoms with E-state index in [0.717, 1.165) is 32.2 Å². The Balaban J connectivity index is 1.47. The Morgan fingerprint density at radius 3 is 3.07 bits per heavy atom. The molecule has 1 unspecified atom stereocenters. The zero-order valence-electron chi connectivity index (χ0n) is 15.2. The highest BCUT2D eigenvalue weighted by molar-refractivity contribution is 5.97. The van der Waals surface area contributed by atoms with Crippen LogP contribution in [0.25, 0.3) is 10.9 Å². The van der Waals surface area contributed by atoms with E-state index in [2.05, 4.69) is 15.2 Å². The highest BCUT2D eigenvalue weighted by Gasteiger charge is 2.44. The van der Waals surface area contributed by atoms with Crippen molar-refractivity contribution in [2.24, 2.45) is 7.05 Å². The van der Waals surface area contributed by atoms with Crippen LogP contribution in [0.15, 0.2) is 35.5 Å². The number of likely N-dealkylation sites (tertiary alicyclic amines) is 1. The zero-order valence-corrected chi connectivity index (χ0v) is 15.2. The number of piperidine rings is 1. The van der Waals surface area contributed by atoms with Gasteiger partial charge in [0.2, 0.25) is 0 Å². The number of aryl methyl sites for hydroxylation is 2. The van der Waals surface area contributed by atoms with Crippen LogP contribution in [0.4, 0.5) is 0 Å². The Morgan fingerprint density at radius 1 is 1.30 bits per heavy atom. The topological polar surface area (TPSA) is 83.9 Å². The molecule has 1 atom stereocenters. The molecule has 1 amide bonds. The summed E-state index contributed by atoms with van der Waals surface area (Å²) in [5, 5.41) is 7.91. The van der Waals surface area contributed by atoms with Gasteiger partial charge in [0, 0.05) is 36.8 Å². The van der Waals surface area contributed by atoms with Gasteiger partial charge in [0.1, 0.15) is 0 Å². The molecule has 3 aromatic rings. The molecule has 1 spiro atoms. The van der Waals surface area contributed by atoms with Gasteiger partial charge in [-0.1, -0.05) is 0 Å². The van der Waals surface area contributed by atoms with Gasteiger partial charge in [-0.2, -0.15) is 5.10 Å². The molecule has 1 fully saturated rings. The third-order valence-electron chi connectivity index (χ3n) is 6.15. The number of aromatic amines is 1. The molecular formula is C20H21N5O2. The molecule has 1 aliphatic heterocycles. The minimum atomic E-state index is -0.103. The molecular weight excluding hydrogens is 342 g/mol. The van der Waals surface area contributed by atoms with Crippen molar-refractivity contribution in [1.29, 1.82) is 0 Å². The first-order chi connectivity index (χ1) is 13.1. The predicted molar refractivity (Wildman–Crippen MR) is 101 cm³/mol. The van der Waals surface area contributed by atoms with E-state index < -0.39 is 0 Å². The summed E-state index contributed by atoms with van der Waals surface area (Å²) in [7, 11) is 1.67. The van der Waals surface area contributed by atoms with Crippen molar-refractivity contribution in [3.8, 4) is 0 Å². The van der Waals surface area contributed by atoms with Crippen molar-refractivity contribution in [2.75, 3.05) is 13.1 Å². The highest BCUT2D eigenvalue weighted by Crippen LogP contribution is 2.44. The van der Waals surface area contributed by atoms with E-state index in [-0.39, 0.29) is 16.9 Å². The van der Waals surface area contributed by atoms with E-state index in [1.807, 2.05) is 11.1 Å². The van der Waals surface area contributed by atoms with Gasteiger partial charge in [0.05, 0.1) is 23.4 Å². The van der Waals surface area contributed by atoms with E-state index in [0.29, 0.717) is 23.0 Å². The van der Waals surface area contributed by atoms with Gasteiger partial charge in [-0.3, -0.25) is 14.7 Å². The molecule has 1 saturated heterocycles. The molecule has 5 rings (SSSR count). The first-order valence-electron chi connectivity index (χ1n) is 9.35. The van der Waals surface area contributed by atoms with Gasteiger partial charge in [-0.25, -0.2) is 4.98 Å². The van der Waals surface area contributed by atoms with Gasteiger partial charge in [-0.05, 0) is 49.4 Å². The minimum Gasteiger partial charge on any atom is -0.338 e. The Labute approximate surface area is 156 Å². The SMILES string of the molecule is Cn1cnc2cc(C(=O)N3CCCC4(CCc5cn[nH]c54)C3)ccc2c1=O. The number of H-pyrrole nitrogens is 1. The van der Waals surface area contributed by atoms with Crippen LogP contribution in [0.5, 0.6) is 0 Å². The van der Waals surface area contributed by atoms with E-state index in [4.69, 9.17) is 0 Å². The van der Waals surface area contributed by atoms with E-state index in [1.54, 1.807) is 25.2 Å². The van der Waals surface area contributed by atoms with Crippen LogP contribution < -0.4 is 5.56 Å². The molecule has 0 saturated carbocycles. The molecule has 3 heterocycles. The Kier molecular flexibility index (Phi) is 3.47. The molecule has 1 aromatic carbocycles. The fourth-order valence-electron chi connectivity index (χ4n) is 4.70. The zero-order chi connectivity index (χ0) is 18.6. The van der Waals surface area contributed by atoms with Crippen LogP contribution in [0.2, 0.25) is 0 Å². The second-order valence-electron chi connectivity index (χ2n) is 7.77. The number of hydrogen-bond donors (Lipinski definition) is 1. The first-order valence-corrected chi connectivity index (χ1v) is 9.35. The van der Waals surface area contributed by atoms with E-state index >= 15 is 0 Å². The number of aromatic nitrogens is 4. The summed E-state index contributed by atoms with van der Waals surface area (Å²) in [6.45, 7) is 1.47. The number of benzene rings is 1. The van der Waals surface area contributed by atoms with Gasteiger partial charge in [-0.15, -0.1) is 0 Å². The van der Waals surface area contributed by atoms with Crippen molar-refractivity contribution >= 4 is 16.8 Å². The lowest BCUT2D eigenvalue weighted by atomic mass is 9.77. The van der Waals surface area contributed by atoms with Gasteiger partial charge in [0.25, 0.3) is 11.5 Å². The maximum atomic E-state index is 13.2. The average molecular weight is 363 g/mol. The molecule has 1 aliphatic carbocycles. The number of nitrogens with zero attached hydrogens (tertiary/aromatic N) is 4. The highest BCUT2D eigenvalue weighted by atomic mass is 16.2. The summed E-state index contributed by atoms with van der Waals surface area (Å²) >= 11 is 0. The second-order valence-corrected chi connectivity index (χ2v) is 7.77. The molecule has 7 heteroatoms. The normalized spacial score (nSPS) is 21.7. The van der Waals surface area contributed by atoms with Gasteiger partial charge >= 0.3 is 0 Å². The molecule has 7 nitrogen and oxygen atoms in total. The summed E-state index contributed by atoms with van der Waals surface area (Å²) in [6, 6.07) is 5.18. The smallest absolute Gasteiger partial charge is 0.260 e. The maximum absolute atomic E-state index is 13.2. The summed E-state index contributed by atoms with van der Waals surface area (Å²) < 4.78 is 1.44. The van der Waals surface area contributed by atoms with Gasteiger partial charge in [0.15, 0.2) is 0 Å². The molecule has 0 bridgehead atoms. The maximum Gasteiger partial charge on any atom is 0.260 e. The third-order valence-corrected chi connectivity index (χ3v) is 6.15. The number of carbonyl (C=O) groups is 1. The molecule has 2 aromatic heterocycles. The lowest BCUT2D eigenvalue weighted by Crippen LogP contribution is -2.47. The Morgan fingerprint density at radius 2 is 2.19 bits per heavy atom. The van der Waals surface area contributed by atoms with E-state index in [1.165, 1.54) is 22.2 Å². The van der Waals surface area contributed by atoms with Crippen LogP contribution in [0.1, 0.15) is 40.9 Å². The number of fused-ring (bicyclic) bond motifs is 3. The summed E-state index contributed by atoms with van der Waals surface area (Å²) in [5.41, 5.74) is 3.55. The van der Waals surface area contributed by atoms with Crippen LogP contribution >= 0.6 is 0 Å². The summed E-state index contributed by atoms with van der Waals surface area (Å²) in [5.74, 6) is 0.00594. The minimum absolute atomic E-state index is 0.00474. The van der Waals surface area contributed by atoms with Crippen LogP contribution in [0, 0.1) is 0 Å². The quantitative estimate of drug-likeness (QED) is 0.714. The van der Waals surface area contributed by atoms with Crippen LogP contribution in [-0.2, 0) is 18.9 Å². The Hall–Kier alpha value is -2.96. The number of nitrogens with one attached hydrogen (secondary N) is 1. The Bertz CT molecular complexity index is 1120. The van der Waals surface area contributed by atoms with Crippen molar-refractivity contribution in [1.82, 2.24) is 24.6 Å². The lowest BCUT2D eigenvalue weighted by Gasteiger charge is -2.40. The standard InChI is InChI=1S/C20H21N5O2/c1-24-12-21-16-9-13(3-4-15(16)19(24)27)18(26)25-8-2-6-20(11-25)7-5-14-10-22-23-17(14)20/h3-4,9-10,12H,2,5-8,11H2,1H3,(H,22,23). The van der Waals surface area contributed by atoms with Crippen molar-refractivity contribution < 1.29 is 4.79 Å². The van der Waals surface area contributed by atoms with Crippen molar-refractivity contribution in [3.05, 3.63) is 57.9 Å². The largest absolute Gasteiger partial charge is 0.338 e. The van der Waals surface area contributed by atoms with Gasteiger partial charge < -0.3 is 9.47 Å². The molecule has 27 heavy (non-hydrogen) atoms. The van der Waals surface area contributed by atoms with Crippen LogP contribution in [0.3, 0.4) is 0 Å². The fraction of sp³-hybridized carbons (Fsp3) is 0.400. The summed E-state index contributed by atoms with van der Waals surface area (Å²) in [6.07, 6.45) is 7.57. The lowest BCUT2D eigenvalue weighted by molar-refractivity contribution is 0.0633. The number of amides is 1. The number of carbonyl (C=O) groups excluding carboxylic acids is 1. The third kappa shape index (κ3) is 2.41.